The molecule has 5 nitrogen and oxygen atoms in total. The number of aromatic nitrogens is 2. The highest BCUT2D eigenvalue weighted by Crippen LogP contribution is 2.16. The van der Waals surface area contributed by atoms with Gasteiger partial charge in [-0.25, -0.2) is 13.4 Å². The highest BCUT2D eigenvalue weighted by atomic mass is 32.2. The first-order chi connectivity index (χ1) is 9.12. The van der Waals surface area contributed by atoms with E-state index < -0.39 is 9.84 Å². The molecule has 0 amide bonds. The molecule has 0 bridgehead atoms. The molecule has 0 unspecified atom stereocenters. The second kappa shape index (κ2) is 5.91. The Morgan fingerprint density at radius 3 is 2.63 bits per heavy atom. The van der Waals surface area contributed by atoms with Crippen LogP contribution in [-0.4, -0.2) is 29.9 Å². The van der Waals surface area contributed by atoms with E-state index in [4.69, 9.17) is 5.26 Å². The van der Waals surface area contributed by atoms with Gasteiger partial charge >= 0.3 is 0 Å². The summed E-state index contributed by atoms with van der Waals surface area (Å²) in [7, 11) is -3.31. The maximum absolute atomic E-state index is 12.0. The smallest absolute Gasteiger partial charge is 0.179 e. The maximum atomic E-state index is 12.0. The summed E-state index contributed by atoms with van der Waals surface area (Å²) in [5, 5.41) is 9.37. The van der Waals surface area contributed by atoms with Gasteiger partial charge in [0.15, 0.2) is 15.0 Å². The summed E-state index contributed by atoms with van der Waals surface area (Å²) in [6, 6.07) is 7.90. The predicted molar refractivity (Wildman–Crippen MR) is 72.5 cm³/mol. The Balaban J connectivity index is 1.99. The van der Waals surface area contributed by atoms with Crippen LogP contribution in [0.15, 0.2) is 46.7 Å². The molecule has 1 aromatic carbocycles. The molecule has 2 aromatic rings. The van der Waals surface area contributed by atoms with Crippen LogP contribution >= 0.6 is 11.8 Å². The number of nitrogens with zero attached hydrogens (tertiary/aromatic N) is 2. The molecule has 1 N–H and O–H groups in total. The third kappa shape index (κ3) is 3.59. The Hall–Kier alpha value is -1.78. The molecular weight excluding hydrogens is 282 g/mol. The standard InChI is InChI=1S/C12H11N3O2S2/c13-9-10-1-3-11(4-2-10)19(16,17)8-7-18-12-14-5-6-15-12/h1-6H,7-8H2,(H,14,15). The lowest BCUT2D eigenvalue weighted by Gasteiger charge is -2.03. The molecule has 7 heteroatoms. The number of aromatic amines is 1. The summed E-state index contributed by atoms with van der Waals surface area (Å²) < 4.78 is 24.1. The summed E-state index contributed by atoms with van der Waals surface area (Å²) in [6.07, 6.45) is 3.31. The summed E-state index contributed by atoms with van der Waals surface area (Å²) in [5.41, 5.74) is 0.448. The molecule has 0 saturated carbocycles. The van der Waals surface area contributed by atoms with Crippen molar-refractivity contribution in [1.82, 2.24) is 9.97 Å². The van der Waals surface area contributed by atoms with Gasteiger partial charge in [-0.1, -0.05) is 11.8 Å². The molecule has 98 valence electrons. The van der Waals surface area contributed by atoms with E-state index in [1.54, 1.807) is 12.4 Å². The lowest BCUT2D eigenvalue weighted by Crippen LogP contribution is -2.08. The predicted octanol–water partition coefficient (Wildman–Crippen LogP) is 1.85. The number of H-pyrrole nitrogens is 1. The van der Waals surface area contributed by atoms with E-state index in [0.717, 1.165) is 0 Å². The monoisotopic (exact) mass is 293 g/mol. The van der Waals surface area contributed by atoms with Crippen LogP contribution in [0, 0.1) is 11.3 Å². The second-order valence-electron chi connectivity index (χ2n) is 3.70. The number of rotatable bonds is 5. The molecule has 0 aliphatic carbocycles. The van der Waals surface area contributed by atoms with Gasteiger partial charge in [-0.05, 0) is 24.3 Å². The molecule has 2 rings (SSSR count). The van der Waals surface area contributed by atoms with Gasteiger partial charge in [-0.2, -0.15) is 5.26 Å². The summed E-state index contributed by atoms with van der Waals surface area (Å²) in [6.45, 7) is 0. The lowest BCUT2D eigenvalue weighted by molar-refractivity contribution is 0.597. The molecule has 0 spiro atoms. The fraction of sp³-hybridized carbons (Fsp3) is 0.167. The van der Waals surface area contributed by atoms with Crippen LogP contribution in [-0.2, 0) is 9.84 Å². The number of benzene rings is 1. The zero-order chi connectivity index (χ0) is 13.7. The van der Waals surface area contributed by atoms with Gasteiger partial charge in [-0.3, -0.25) is 0 Å². The van der Waals surface area contributed by atoms with E-state index in [2.05, 4.69) is 9.97 Å². The largest absolute Gasteiger partial charge is 0.340 e. The molecule has 0 aliphatic heterocycles. The van der Waals surface area contributed by atoms with Crippen molar-refractivity contribution in [2.24, 2.45) is 0 Å². The van der Waals surface area contributed by atoms with Gasteiger partial charge in [-0.15, -0.1) is 0 Å². The number of nitriles is 1. The van der Waals surface area contributed by atoms with E-state index in [9.17, 15) is 8.42 Å². The number of thioether (sulfide) groups is 1. The fourth-order valence-electron chi connectivity index (χ4n) is 1.43. The topological polar surface area (TPSA) is 86.6 Å². The lowest BCUT2D eigenvalue weighted by atomic mass is 10.2. The van der Waals surface area contributed by atoms with Crippen molar-refractivity contribution >= 4 is 21.6 Å². The maximum Gasteiger partial charge on any atom is 0.179 e. The van der Waals surface area contributed by atoms with Crippen LogP contribution in [0.25, 0.3) is 0 Å². The van der Waals surface area contributed by atoms with Crippen molar-refractivity contribution in [3.63, 3.8) is 0 Å². The minimum Gasteiger partial charge on any atom is -0.340 e. The van der Waals surface area contributed by atoms with Crippen molar-refractivity contribution < 1.29 is 8.42 Å². The van der Waals surface area contributed by atoms with E-state index >= 15 is 0 Å². The van der Waals surface area contributed by atoms with E-state index in [1.165, 1.54) is 36.0 Å². The van der Waals surface area contributed by atoms with Crippen LogP contribution in [0.3, 0.4) is 0 Å². The molecule has 0 aliphatic rings. The minimum absolute atomic E-state index is 0.0320. The summed E-state index contributed by atoms with van der Waals surface area (Å²) >= 11 is 1.36. The first-order valence-corrected chi connectivity index (χ1v) is 8.11. The molecule has 1 aromatic heterocycles. The Kier molecular flexibility index (Phi) is 4.24. The summed E-state index contributed by atoms with van der Waals surface area (Å²) in [5.74, 6) is 0.458. The molecule has 0 atom stereocenters. The second-order valence-corrected chi connectivity index (χ2v) is 6.89. The van der Waals surface area contributed by atoms with Crippen molar-refractivity contribution in [2.45, 2.75) is 10.1 Å². The van der Waals surface area contributed by atoms with Crippen LogP contribution in [0.4, 0.5) is 0 Å². The van der Waals surface area contributed by atoms with Gasteiger partial charge in [0.2, 0.25) is 0 Å². The Labute approximate surface area is 115 Å². The normalized spacial score (nSPS) is 11.1. The van der Waals surface area contributed by atoms with Crippen molar-refractivity contribution in [3.8, 4) is 6.07 Å². The SMILES string of the molecule is N#Cc1ccc(S(=O)(=O)CCSc2ncc[nH]2)cc1. The van der Waals surface area contributed by atoms with Crippen molar-refractivity contribution in [3.05, 3.63) is 42.2 Å². The van der Waals surface area contributed by atoms with Crippen LogP contribution in [0.1, 0.15) is 5.56 Å². The van der Waals surface area contributed by atoms with Crippen LogP contribution in [0.5, 0.6) is 0 Å². The van der Waals surface area contributed by atoms with E-state index in [0.29, 0.717) is 16.5 Å². The van der Waals surface area contributed by atoms with Gasteiger partial charge in [0, 0.05) is 18.1 Å². The van der Waals surface area contributed by atoms with Gasteiger partial charge in [0.25, 0.3) is 0 Å². The minimum atomic E-state index is -3.31. The number of sulfone groups is 1. The highest BCUT2D eigenvalue weighted by Gasteiger charge is 2.14. The molecule has 0 fully saturated rings. The molecule has 0 radical (unpaired) electrons. The number of hydrogen-bond acceptors (Lipinski definition) is 5. The average molecular weight is 293 g/mol. The van der Waals surface area contributed by atoms with E-state index in [-0.39, 0.29) is 10.6 Å². The quantitative estimate of drug-likeness (QED) is 0.850. The molecule has 0 saturated heterocycles. The van der Waals surface area contributed by atoms with E-state index in [1.807, 2.05) is 6.07 Å². The Morgan fingerprint density at radius 1 is 1.32 bits per heavy atom. The van der Waals surface area contributed by atoms with Crippen molar-refractivity contribution in [2.75, 3.05) is 11.5 Å². The fourth-order valence-corrected chi connectivity index (χ4v) is 3.91. The van der Waals surface area contributed by atoms with Gasteiger partial charge < -0.3 is 4.98 Å². The number of nitrogens with one attached hydrogen (secondary N) is 1. The van der Waals surface area contributed by atoms with Crippen LogP contribution in [0.2, 0.25) is 0 Å². The van der Waals surface area contributed by atoms with Crippen molar-refractivity contribution in [1.29, 1.82) is 5.26 Å². The number of imidazole rings is 1. The molecule has 1 heterocycles. The zero-order valence-corrected chi connectivity index (χ0v) is 11.5. The summed E-state index contributed by atoms with van der Waals surface area (Å²) in [4.78, 5) is 7.15. The van der Waals surface area contributed by atoms with Gasteiger partial charge in [0.1, 0.15) is 0 Å². The Bertz CT molecular complexity index is 671. The highest BCUT2D eigenvalue weighted by molar-refractivity contribution is 8.00. The average Bonchev–Trinajstić information content (AvgIpc) is 2.92. The molecule has 19 heavy (non-hydrogen) atoms. The molecular formula is C12H11N3O2S2. The Morgan fingerprint density at radius 2 is 2.05 bits per heavy atom. The van der Waals surface area contributed by atoms with Gasteiger partial charge in [0.05, 0.1) is 22.3 Å². The third-order valence-electron chi connectivity index (χ3n) is 2.41. The number of hydrogen-bond donors (Lipinski definition) is 1. The third-order valence-corrected chi connectivity index (χ3v) is 5.30. The zero-order valence-electron chi connectivity index (χ0n) is 9.91. The van der Waals surface area contributed by atoms with Crippen LogP contribution < -0.4 is 0 Å². The first kappa shape index (κ1) is 13.6. The first-order valence-electron chi connectivity index (χ1n) is 5.47.